The highest BCUT2D eigenvalue weighted by molar-refractivity contribution is 5.96. The van der Waals surface area contributed by atoms with Crippen LogP contribution in [0.4, 0.5) is 22.0 Å². The molecular weight excluding hydrogens is 459 g/mol. The van der Waals surface area contributed by atoms with Gasteiger partial charge in [0, 0.05) is 19.1 Å². The first kappa shape index (κ1) is 23.4. The number of para-hydroxylation sites is 1. The predicted molar refractivity (Wildman–Crippen MR) is 111 cm³/mol. The molecule has 1 fully saturated rings. The molecule has 2 heterocycles. The van der Waals surface area contributed by atoms with Crippen molar-refractivity contribution >= 4 is 11.8 Å². The second kappa shape index (κ2) is 9.24. The number of nitrogens with one attached hydrogen (secondary N) is 1. The third-order valence-corrected chi connectivity index (χ3v) is 5.58. The average Bonchev–Trinajstić information content (AvgIpc) is 3.26. The van der Waals surface area contributed by atoms with Gasteiger partial charge in [-0.25, -0.2) is 13.5 Å². The summed E-state index contributed by atoms with van der Waals surface area (Å²) >= 11 is 0. The third-order valence-electron chi connectivity index (χ3n) is 5.58. The number of halogens is 5. The van der Waals surface area contributed by atoms with E-state index in [-0.39, 0.29) is 31.5 Å². The molecule has 6 nitrogen and oxygen atoms in total. The van der Waals surface area contributed by atoms with Gasteiger partial charge < -0.3 is 10.2 Å². The molecule has 1 saturated heterocycles. The average molecular weight is 478 g/mol. The molecule has 2 aromatic carbocycles. The first-order valence-electron chi connectivity index (χ1n) is 10.4. The minimum atomic E-state index is -4.97. The van der Waals surface area contributed by atoms with Crippen molar-refractivity contribution in [2.75, 3.05) is 13.1 Å². The van der Waals surface area contributed by atoms with Crippen LogP contribution in [0.15, 0.2) is 54.7 Å². The number of carbonyl (C=O) groups excluding carboxylic acids is 2. The zero-order valence-corrected chi connectivity index (χ0v) is 17.6. The number of amides is 2. The van der Waals surface area contributed by atoms with Crippen molar-refractivity contribution in [1.82, 2.24) is 20.0 Å². The molecule has 4 rings (SSSR count). The van der Waals surface area contributed by atoms with Crippen molar-refractivity contribution in [1.29, 1.82) is 0 Å². The van der Waals surface area contributed by atoms with Gasteiger partial charge in [0.1, 0.15) is 17.3 Å². The molecule has 3 aromatic rings. The van der Waals surface area contributed by atoms with Crippen LogP contribution in [0.3, 0.4) is 0 Å². The Kier molecular flexibility index (Phi) is 6.36. The van der Waals surface area contributed by atoms with Crippen LogP contribution in [0.1, 0.15) is 39.3 Å². The Morgan fingerprint density at radius 2 is 1.53 bits per heavy atom. The summed E-state index contributed by atoms with van der Waals surface area (Å²) in [6, 6.07) is 9.87. The first-order valence-corrected chi connectivity index (χ1v) is 10.4. The molecule has 178 valence electrons. The fourth-order valence-electron chi connectivity index (χ4n) is 3.89. The number of alkyl halides is 3. The van der Waals surface area contributed by atoms with Crippen LogP contribution in [0, 0.1) is 11.6 Å². The van der Waals surface area contributed by atoms with E-state index >= 15 is 0 Å². The van der Waals surface area contributed by atoms with E-state index < -0.39 is 52.6 Å². The van der Waals surface area contributed by atoms with Crippen molar-refractivity contribution in [2.45, 2.75) is 25.1 Å². The smallest absolute Gasteiger partial charge is 0.349 e. The third kappa shape index (κ3) is 4.63. The molecular formula is C23H19F5N4O2. The second-order valence-electron chi connectivity index (χ2n) is 7.79. The number of nitrogens with zero attached hydrogens (tertiary/aromatic N) is 3. The van der Waals surface area contributed by atoms with E-state index in [1.807, 2.05) is 0 Å². The van der Waals surface area contributed by atoms with E-state index in [0.717, 1.165) is 18.3 Å². The highest BCUT2D eigenvalue weighted by Crippen LogP contribution is 2.34. The van der Waals surface area contributed by atoms with Gasteiger partial charge in [-0.1, -0.05) is 24.3 Å². The van der Waals surface area contributed by atoms with Gasteiger partial charge in [0.2, 0.25) is 0 Å². The van der Waals surface area contributed by atoms with Gasteiger partial charge in [0.15, 0.2) is 5.69 Å². The van der Waals surface area contributed by atoms with Gasteiger partial charge in [-0.3, -0.25) is 9.59 Å². The fraction of sp³-hybridized carbons (Fsp3) is 0.261. The Morgan fingerprint density at radius 1 is 0.912 bits per heavy atom. The predicted octanol–water partition coefficient (Wildman–Crippen LogP) is 4.20. The van der Waals surface area contributed by atoms with E-state index in [4.69, 9.17) is 0 Å². The Hall–Kier alpha value is -3.76. The monoisotopic (exact) mass is 478 g/mol. The molecule has 0 atom stereocenters. The number of piperidine rings is 1. The van der Waals surface area contributed by atoms with E-state index in [2.05, 4.69) is 10.4 Å². The van der Waals surface area contributed by atoms with Gasteiger partial charge in [-0.05, 0) is 37.1 Å². The molecule has 1 aliphatic rings. The van der Waals surface area contributed by atoms with Crippen molar-refractivity contribution in [3.8, 4) is 5.69 Å². The van der Waals surface area contributed by atoms with Gasteiger partial charge in [0.05, 0.1) is 17.3 Å². The van der Waals surface area contributed by atoms with Crippen LogP contribution in [0.25, 0.3) is 5.69 Å². The van der Waals surface area contributed by atoms with E-state index in [1.54, 1.807) is 6.07 Å². The highest BCUT2D eigenvalue weighted by Gasteiger charge is 2.41. The minimum absolute atomic E-state index is 0.0691. The van der Waals surface area contributed by atoms with Crippen molar-refractivity contribution in [2.24, 2.45) is 0 Å². The molecule has 11 heteroatoms. The largest absolute Gasteiger partial charge is 0.434 e. The fourth-order valence-corrected chi connectivity index (χ4v) is 3.89. The van der Waals surface area contributed by atoms with Crippen molar-refractivity contribution < 1.29 is 31.5 Å². The topological polar surface area (TPSA) is 67.2 Å². The number of carbonyl (C=O) groups is 2. The summed E-state index contributed by atoms with van der Waals surface area (Å²) in [7, 11) is 0. The van der Waals surface area contributed by atoms with Crippen LogP contribution < -0.4 is 5.32 Å². The van der Waals surface area contributed by atoms with E-state index in [9.17, 15) is 31.5 Å². The number of hydrogen-bond donors (Lipinski definition) is 1. The SMILES string of the molecule is O=C(NC1CCN(C(=O)c2ccccc2F)CC1)c1cnn(-c2ccccc2F)c1C(F)(F)F. The number of aromatic nitrogens is 2. The zero-order valence-electron chi connectivity index (χ0n) is 17.6. The number of benzene rings is 2. The summed E-state index contributed by atoms with van der Waals surface area (Å²) in [5.41, 5.74) is -2.63. The van der Waals surface area contributed by atoms with Crippen LogP contribution in [-0.4, -0.2) is 45.6 Å². The van der Waals surface area contributed by atoms with Crippen LogP contribution in [-0.2, 0) is 6.18 Å². The summed E-state index contributed by atoms with van der Waals surface area (Å²) in [4.78, 5) is 26.7. The lowest BCUT2D eigenvalue weighted by Gasteiger charge is -2.32. The Labute approximate surface area is 191 Å². The molecule has 0 aliphatic carbocycles. The summed E-state index contributed by atoms with van der Waals surface area (Å²) in [6.45, 7) is 0.386. The molecule has 1 aliphatic heterocycles. The minimum Gasteiger partial charge on any atom is -0.349 e. The maximum atomic E-state index is 14.1. The van der Waals surface area contributed by atoms with Crippen LogP contribution in [0.2, 0.25) is 0 Å². The Morgan fingerprint density at radius 3 is 2.15 bits per heavy atom. The molecule has 0 radical (unpaired) electrons. The standard InChI is InChI=1S/C23H19F5N4O2/c24-17-6-2-1-5-15(17)22(34)31-11-9-14(10-12-31)30-21(33)16-13-29-32(20(16)23(26,27)28)19-8-4-3-7-18(19)25/h1-8,13-14H,9-12H2,(H,30,33). The summed E-state index contributed by atoms with van der Waals surface area (Å²) < 4.78 is 69.7. The lowest BCUT2D eigenvalue weighted by atomic mass is 10.0. The van der Waals surface area contributed by atoms with Gasteiger partial charge >= 0.3 is 6.18 Å². The summed E-state index contributed by atoms with van der Waals surface area (Å²) in [5, 5.41) is 6.15. The number of hydrogen-bond acceptors (Lipinski definition) is 3. The molecule has 1 aromatic heterocycles. The molecule has 0 saturated carbocycles. The lowest BCUT2D eigenvalue weighted by Crippen LogP contribution is -2.46. The number of rotatable bonds is 4. The van der Waals surface area contributed by atoms with Gasteiger partial charge in [-0.15, -0.1) is 0 Å². The van der Waals surface area contributed by atoms with Crippen LogP contribution in [0.5, 0.6) is 0 Å². The number of likely N-dealkylation sites (tertiary alicyclic amines) is 1. The molecule has 0 unspecified atom stereocenters. The van der Waals surface area contributed by atoms with Crippen molar-refractivity contribution in [3.05, 3.63) is 83.2 Å². The van der Waals surface area contributed by atoms with Gasteiger partial charge in [0.25, 0.3) is 11.8 Å². The normalized spacial score (nSPS) is 14.8. The van der Waals surface area contributed by atoms with Crippen molar-refractivity contribution in [3.63, 3.8) is 0 Å². The maximum Gasteiger partial charge on any atom is 0.434 e. The van der Waals surface area contributed by atoms with Gasteiger partial charge in [-0.2, -0.15) is 18.3 Å². The highest BCUT2D eigenvalue weighted by atomic mass is 19.4. The Balaban J connectivity index is 1.47. The molecule has 2 amide bonds. The van der Waals surface area contributed by atoms with E-state index in [0.29, 0.717) is 4.68 Å². The summed E-state index contributed by atoms with van der Waals surface area (Å²) in [6.07, 6.45) is -3.67. The van der Waals surface area contributed by atoms with Crippen LogP contribution >= 0.6 is 0 Å². The zero-order chi connectivity index (χ0) is 24.5. The maximum absolute atomic E-state index is 14.1. The molecule has 0 spiro atoms. The summed E-state index contributed by atoms with van der Waals surface area (Å²) in [5.74, 6) is -3.06. The Bertz CT molecular complexity index is 1220. The molecule has 34 heavy (non-hydrogen) atoms. The second-order valence-corrected chi connectivity index (χ2v) is 7.79. The molecule has 1 N–H and O–H groups in total. The van der Waals surface area contributed by atoms with E-state index in [1.165, 1.54) is 35.2 Å². The quantitative estimate of drug-likeness (QED) is 0.572. The first-order chi connectivity index (χ1) is 16.2. The molecule has 0 bridgehead atoms. The lowest BCUT2D eigenvalue weighted by molar-refractivity contribution is -0.143.